The van der Waals surface area contributed by atoms with Crippen molar-refractivity contribution in [3.63, 3.8) is 0 Å². The highest BCUT2D eigenvalue weighted by atomic mass is 32.2. The third-order valence-electron chi connectivity index (χ3n) is 3.06. The van der Waals surface area contributed by atoms with Crippen LogP contribution in [0.2, 0.25) is 0 Å². The molecule has 0 aromatic heterocycles. The van der Waals surface area contributed by atoms with Crippen molar-refractivity contribution in [1.82, 2.24) is 5.32 Å². The Morgan fingerprint density at radius 3 is 2.36 bits per heavy atom. The molecule has 0 saturated heterocycles. The number of hydrogen-bond donors (Lipinski definition) is 1. The fourth-order valence-corrected chi connectivity index (χ4v) is 2.65. The lowest BCUT2D eigenvalue weighted by molar-refractivity contribution is -0.118. The van der Waals surface area contributed by atoms with E-state index in [4.69, 9.17) is 4.74 Å². The Kier molecular flexibility index (Phi) is 6.27. The molecule has 2 aromatic carbocycles. The summed E-state index contributed by atoms with van der Waals surface area (Å²) in [5.41, 5.74) is 2.03. The maximum Gasteiger partial charge on any atom is 0.230 e. The molecule has 0 unspecified atom stereocenters. The zero-order chi connectivity index (χ0) is 15.8. The van der Waals surface area contributed by atoms with E-state index in [1.807, 2.05) is 24.3 Å². The zero-order valence-electron chi connectivity index (χ0n) is 12.3. The Bertz CT molecular complexity index is 599. The van der Waals surface area contributed by atoms with Crippen LogP contribution in [0, 0.1) is 5.82 Å². The summed E-state index contributed by atoms with van der Waals surface area (Å²) in [6.45, 7) is 0.500. The standard InChI is InChI=1S/C17H18FNO2S/c1-21-16-8-4-13(5-9-16)10-19-17(20)12-22-11-14-2-6-15(18)7-3-14/h2-9H,10-12H2,1H3,(H,19,20). The average Bonchev–Trinajstić information content (AvgIpc) is 2.55. The molecule has 0 aliphatic rings. The van der Waals surface area contributed by atoms with E-state index in [0.29, 0.717) is 18.1 Å². The third-order valence-corrected chi connectivity index (χ3v) is 4.07. The van der Waals surface area contributed by atoms with Crippen LogP contribution in [0.4, 0.5) is 4.39 Å². The van der Waals surface area contributed by atoms with Crippen molar-refractivity contribution in [2.45, 2.75) is 12.3 Å². The highest BCUT2D eigenvalue weighted by molar-refractivity contribution is 7.99. The molecule has 1 N–H and O–H groups in total. The van der Waals surface area contributed by atoms with E-state index < -0.39 is 0 Å². The Labute approximate surface area is 133 Å². The summed E-state index contributed by atoms with van der Waals surface area (Å²) in [4.78, 5) is 11.8. The molecule has 0 atom stereocenters. The molecule has 0 spiro atoms. The monoisotopic (exact) mass is 319 g/mol. The Balaban J connectivity index is 1.68. The molecular formula is C17H18FNO2S. The van der Waals surface area contributed by atoms with Gasteiger partial charge in [0, 0.05) is 12.3 Å². The van der Waals surface area contributed by atoms with Gasteiger partial charge >= 0.3 is 0 Å². The van der Waals surface area contributed by atoms with E-state index in [-0.39, 0.29) is 11.7 Å². The van der Waals surface area contributed by atoms with Gasteiger partial charge < -0.3 is 10.1 Å². The minimum atomic E-state index is -0.244. The van der Waals surface area contributed by atoms with Crippen molar-refractivity contribution in [2.75, 3.05) is 12.9 Å². The van der Waals surface area contributed by atoms with Crippen LogP contribution in [0.3, 0.4) is 0 Å². The lowest BCUT2D eigenvalue weighted by atomic mass is 10.2. The van der Waals surface area contributed by atoms with Crippen molar-refractivity contribution < 1.29 is 13.9 Å². The second-order valence-corrected chi connectivity index (χ2v) is 5.73. The van der Waals surface area contributed by atoms with Crippen LogP contribution >= 0.6 is 11.8 Å². The smallest absolute Gasteiger partial charge is 0.230 e. The Morgan fingerprint density at radius 2 is 1.73 bits per heavy atom. The first-order valence-electron chi connectivity index (χ1n) is 6.89. The van der Waals surface area contributed by atoms with E-state index in [1.54, 1.807) is 19.2 Å². The first-order valence-corrected chi connectivity index (χ1v) is 8.04. The predicted octanol–water partition coefficient (Wildman–Crippen LogP) is 3.38. The molecule has 22 heavy (non-hydrogen) atoms. The van der Waals surface area contributed by atoms with Gasteiger partial charge in [-0.05, 0) is 35.4 Å². The third kappa shape index (κ3) is 5.41. The predicted molar refractivity (Wildman–Crippen MR) is 87.4 cm³/mol. The van der Waals surface area contributed by atoms with Gasteiger partial charge in [0.25, 0.3) is 0 Å². The van der Waals surface area contributed by atoms with Crippen molar-refractivity contribution in [1.29, 1.82) is 0 Å². The number of methoxy groups -OCH3 is 1. The summed E-state index contributed by atoms with van der Waals surface area (Å²) in [6, 6.07) is 13.9. The summed E-state index contributed by atoms with van der Waals surface area (Å²) < 4.78 is 17.9. The number of benzene rings is 2. The maximum absolute atomic E-state index is 12.8. The molecule has 5 heteroatoms. The highest BCUT2D eigenvalue weighted by Crippen LogP contribution is 2.13. The molecule has 1 amide bonds. The van der Waals surface area contributed by atoms with Crippen LogP contribution in [0.1, 0.15) is 11.1 Å². The summed E-state index contributed by atoms with van der Waals surface area (Å²) in [6.07, 6.45) is 0. The van der Waals surface area contributed by atoms with Gasteiger partial charge in [-0.1, -0.05) is 24.3 Å². The number of ether oxygens (including phenoxy) is 1. The quantitative estimate of drug-likeness (QED) is 0.850. The van der Waals surface area contributed by atoms with Crippen LogP contribution in [0.25, 0.3) is 0 Å². The molecule has 3 nitrogen and oxygen atoms in total. The van der Waals surface area contributed by atoms with Gasteiger partial charge in [-0.25, -0.2) is 4.39 Å². The Morgan fingerprint density at radius 1 is 1.09 bits per heavy atom. The number of rotatable bonds is 7. The molecule has 0 aliphatic carbocycles. The fourth-order valence-electron chi connectivity index (χ4n) is 1.84. The van der Waals surface area contributed by atoms with Gasteiger partial charge in [-0.15, -0.1) is 11.8 Å². The molecule has 0 heterocycles. The first kappa shape index (κ1) is 16.4. The van der Waals surface area contributed by atoms with E-state index in [0.717, 1.165) is 16.9 Å². The fraction of sp³-hybridized carbons (Fsp3) is 0.235. The van der Waals surface area contributed by atoms with Crippen molar-refractivity contribution in [3.8, 4) is 5.75 Å². The maximum atomic E-state index is 12.8. The summed E-state index contributed by atoms with van der Waals surface area (Å²) in [5.74, 6) is 1.61. The molecule has 0 fully saturated rings. The first-order chi connectivity index (χ1) is 10.7. The zero-order valence-corrected chi connectivity index (χ0v) is 13.2. The molecule has 0 aliphatic heterocycles. The highest BCUT2D eigenvalue weighted by Gasteiger charge is 2.03. The van der Waals surface area contributed by atoms with Crippen LogP contribution in [0.15, 0.2) is 48.5 Å². The van der Waals surface area contributed by atoms with Crippen LogP contribution < -0.4 is 10.1 Å². The van der Waals surface area contributed by atoms with Gasteiger partial charge in [-0.2, -0.15) is 0 Å². The molecule has 0 bridgehead atoms. The average molecular weight is 319 g/mol. The van der Waals surface area contributed by atoms with Crippen molar-refractivity contribution in [2.24, 2.45) is 0 Å². The second kappa shape index (κ2) is 8.44. The number of hydrogen-bond acceptors (Lipinski definition) is 3. The van der Waals surface area contributed by atoms with Gasteiger partial charge in [0.1, 0.15) is 11.6 Å². The Hall–Kier alpha value is -2.01. The van der Waals surface area contributed by atoms with E-state index in [9.17, 15) is 9.18 Å². The van der Waals surface area contributed by atoms with Gasteiger partial charge in [0.05, 0.1) is 12.9 Å². The minimum absolute atomic E-state index is 0.0112. The topological polar surface area (TPSA) is 38.3 Å². The van der Waals surface area contributed by atoms with Crippen molar-refractivity contribution >= 4 is 17.7 Å². The van der Waals surface area contributed by atoms with Crippen LogP contribution in [0.5, 0.6) is 5.75 Å². The van der Waals surface area contributed by atoms with Gasteiger partial charge in [-0.3, -0.25) is 4.79 Å². The van der Waals surface area contributed by atoms with Crippen LogP contribution in [-0.2, 0) is 17.1 Å². The summed E-state index contributed by atoms with van der Waals surface area (Å²) in [5, 5.41) is 2.87. The second-order valence-electron chi connectivity index (χ2n) is 4.74. The molecule has 2 aromatic rings. The van der Waals surface area contributed by atoms with Crippen LogP contribution in [-0.4, -0.2) is 18.8 Å². The minimum Gasteiger partial charge on any atom is -0.497 e. The number of amides is 1. The number of carbonyl (C=O) groups excluding carboxylic acids is 1. The van der Waals surface area contributed by atoms with E-state index in [1.165, 1.54) is 23.9 Å². The van der Waals surface area contributed by atoms with Gasteiger partial charge in [0.15, 0.2) is 0 Å². The number of carbonyl (C=O) groups is 1. The van der Waals surface area contributed by atoms with Crippen molar-refractivity contribution in [3.05, 3.63) is 65.5 Å². The largest absolute Gasteiger partial charge is 0.497 e. The SMILES string of the molecule is COc1ccc(CNC(=O)CSCc2ccc(F)cc2)cc1. The molecule has 0 saturated carbocycles. The lowest BCUT2D eigenvalue weighted by Crippen LogP contribution is -2.24. The number of nitrogens with one attached hydrogen (secondary N) is 1. The molecular weight excluding hydrogens is 301 g/mol. The van der Waals surface area contributed by atoms with E-state index in [2.05, 4.69) is 5.32 Å². The normalized spacial score (nSPS) is 10.3. The number of thioether (sulfide) groups is 1. The molecule has 2 rings (SSSR count). The summed E-state index contributed by atoms with van der Waals surface area (Å²) in [7, 11) is 1.62. The molecule has 0 radical (unpaired) electrons. The molecule has 116 valence electrons. The van der Waals surface area contributed by atoms with Gasteiger partial charge in [0.2, 0.25) is 5.91 Å². The number of halogens is 1. The summed E-state index contributed by atoms with van der Waals surface area (Å²) >= 11 is 1.51. The lowest BCUT2D eigenvalue weighted by Gasteiger charge is -2.06. The van der Waals surface area contributed by atoms with E-state index >= 15 is 0 Å².